The zero-order valence-electron chi connectivity index (χ0n) is 14.7. The quantitative estimate of drug-likeness (QED) is 0.710. The summed E-state index contributed by atoms with van der Waals surface area (Å²) in [4.78, 5) is 8.40. The number of pyridine rings is 2. The van der Waals surface area contributed by atoms with E-state index in [0.29, 0.717) is 18.2 Å². The van der Waals surface area contributed by atoms with Gasteiger partial charge in [0.15, 0.2) is 0 Å². The average Bonchev–Trinajstić information content (AvgIpc) is 2.65. The van der Waals surface area contributed by atoms with Gasteiger partial charge in [0, 0.05) is 31.0 Å². The predicted molar refractivity (Wildman–Crippen MR) is 97.0 cm³/mol. The van der Waals surface area contributed by atoms with Crippen molar-refractivity contribution in [1.82, 2.24) is 14.7 Å². The lowest BCUT2D eigenvalue weighted by Crippen LogP contribution is -2.33. The van der Waals surface area contributed by atoms with E-state index in [1.807, 2.05) is 26.0 Å². The van der Waals surface area contributed by atoms with Gasteiger partial charge in [-0.2, -0.15) is 0 Å². The number of aromatic nitrogens is 2. The minimum atomic E-state index is -3.54. The zero-order chi connectivity index (χ0) is 18.3. The van der Waals surface area contributed by atoms with Crippen LogP contribution in [0.2, 0.25) is 0 Å². The van der Waals surface area contributed by atoms with E-state index in [-0.39, 0.29) is 10.9 Å². The number of hydrogen-bond donors (Lipinski definition) is 2. The third kappa shape index (κ3) is 5.40. The molecule has 0 unspecified atom stereocenters. The summed E-state index contributed by atoms with van der Waals surface area (Å²) in [6, 6.07) is 6.83. The second-order valence-corrected chi connectivity index (χ2v) is 7.29. The van der Waals surface area contributed by atoms with Gasteiger partial charge in [0.2, 0.25) is 15.9 Å². The van der Waals surface area contributed by atoms with Crippen molar-refractivity contribution < 1.29 is 13.2 Å². The van der Waals surface area contributed by atoms with E-state index in [0.717, 1.165) is 18.4 Å². The molecule has 0 amide bonds. The fourth-order valence-corrected chi connectivity index (χ4v) is 3.60. The normalized spacial score (nSPS) is 11.5. The molecular weight excluding hydrogens is 340 g/mol. The van der Waals surface area contributed by atoms with Gasteiger partial charge in [0.1, 0.15) is 10.7 Å². The SMILES string of the molecule is CCC(CC)NS(=O)(=O)c1ccc(NCc2ccnc(OC)c2)nc1. The van der Waals surface area contributed by atoms with Crippen LogP contribution in [0.4, 0.5) is 5.82 Å². The molecule has 2 N–H and O–H groups in total. The number of hydrogen-bond acceptors (Lipinski definition) is 6. The lowest BCUT2D eigenvalue weighted by Gasteiger charge is -2.15. The van der Waals surface area contributed by atoms with E-state index in [1.165, 1.54) is 6.20 Å². The maximum Gasteiger partial charge on any atom is 0.242 e. The summed E-state index contributed by atoms with van der Waals surface area (Å²) in [5.74, 6) is 1.14. The van der Waals surface area contributed by atoms with Crippen molar-refractivity contribution in [2.24, 2.45) is 0 Å². The smallest absolute Gasteiger partial charge is 0.242 e. The highest BCUT2D eigenvalue weighted by Gasteiger charge is 2.18. The Morgan fingerprint density at radius 1 is 1.16 bits per heavy atom. The van der Waals surface area contributed by atoms with Crippen LogP contribution in [0.25, 0.3) is 0 Å². The standard InChI is InChI=1S/C17H24N4O3S/c1-4-14(5-2)21-25(22,23)15-6-7-16(20-12-15)19-11-13-8-9-18-17(10-13)24-3/h6-10,12,14,21H,4-5,11H2,1-3H3,(H,19,20). The number of nitrogens with one attached hydrogen (secondary N) is 2. The van der Waals surface area contributed by atoms with Crippen molar-refractivity contribution in [3.63, 3.8) is 0 Å². The Bertz CT molecular complexity index is 775. The molecule has 136 valence electrons. The molecule has 0 atom stereocenters. The number of ether oxygens (including phenoxy) is 1. The van der Waals surface area contributed by atoms with Gasteiger partial charge < -0.3 is 10.1 Å². The van der Waals surface area contributed by atoms with Gasteiger partial charge in [-0.05, 0) is 36.6 Å². The summed E-state index contributed by atoms with van der Waals surface area (Å²) < 4.78 is 32.4. The Balaban J connectivity index is 2.01. The van der Waals surface area contributed by atoms with Crippen LogP contribution >= 0.6 is 0 Å². The Morgan fingerprint density at radius 3 is 2.52 bits per heavy atom. The molecular formula is C17H24N4O3S. The molecule has 0 aliphatic rings. The summed E-state index contributed by atoms with van der Waals surface area (Å²) in [5.41, 5.74) is 0.987. The van der Waals surface area contributed by atoms with Gasteiger partial charge in [0.05, 0.1) is 7.11 Å². The Kier molecular flexibility index (Phi) is 6.72. The maximum atomic E-state index is 12.3. The number of nitrogens with zero attached hydrogens (tertiary/aromatic N) is 2. The lowest BCUT2D eigenvalue weighted by atomic mass is 10.2. The zero-order valence-corrected chi connectivity index (χ0v) is 15.5. The van der Waals surface area contributed by atoms with E-state index in [2.05, 4.69) is 20.0 Å². The first-order valence-corrected chi connectivity index (χ1v) is 9.68. The van der Waals surface area contributed by atoms with E-state index in [9.17, 15) is 8.42 Å². The lowest BCUT2D eigenvalue weighted by molar-refractivity contribution is 0.397. The molecule has 25 heavy (non-hydrogen) atoms. The molecule has 0 aliphatic carbocycles. The molecule has 0 saturated heterocycles. The first-order chi connectivity index (χ1) is 12.0. The molecule has 0 saturated carbocycles. The summed E-state index contributed by atoms with van der Waals surface area (Å²) in [5, 5.41) is 3.14. The highest BCUT2D eigenvalue weighted by Crippen LogP contribution is 2.14. The predicted octanol–water partition coefficient (Wildman–Crippen LogP) is 2.56. The van der Waals surface area contributed by atoms with Crippen molar-refractivity contribution >= 4 is 15.8 Å². The van der Waals surface area contributed by atoms with Gasteiger partial charge in [-0.3, -0.25) is 0 Å². The van der Waals surface area contributed by atoms with Crippen molar-refractivity contribution in [2.75, 3.05) is 12.4 Å². The fourth-order valence-electron chi connectivity index (χ4n) is 2.25. The first-order valence-electron chi connectivity index (χ1n) is 8.19. The Morgan fingerprint density at radius 2 is 1.92 bits per heavy atom. The molecule has 0 bridgehead atoms. The highest BCUT2D eigenvalue weighted by atomic mass is 32.2. The summed E-state index contributed by atoms with van der Waals surface area (Å²) in [7, 11) is -1.98. The molecule has 2 rings (SSSR count). The van der Waals surface area contributed by atoms with Crippen LogP contribution in [-0.4, -0.2) is 31.5 Å². The third-order valence-corrected chi connectivity index (χ3v) is 5.34. The van der Waals surface area contributed by atoms with Gasteiger partial charge >= 0.3 is 0 Å². The first kappa shape index (κ1) is 19.1. The van der Waals surface area contributed by atoms with Crippen molar-refractivity contribution in [2.45, 2.75) is 44.2 Å². The van der Waals surface area contributed by atoms with E-state index >= 15 is 0 Å². The van der Waals surface area contributed by atoms with Crippen LogP contribution in [0.5, 0.6) is 5.88 Å². The molecule has 8 heteroatoms. The second-order valence-electron chi connectivity index (χ2n) is 5.57. The largest absolute Gasteiger partial charge is 0.481 e. The van der Waals surface area contributed by atoms with E-state index in [4.69, 9.17) is 4.74 Å². The van der Waals surface area contributed by atoms with Crippen molar-refractivity contribution in [3.8, 4) is 5.88 Å². The Hall–Kier alpha value is -2.19. The topological polar surface area (TPSA) is 93.2 Å². The van der Waals surface area contributed by atoms with Crippen LogP contribution < -0.4 is 14.8 Å². The number of anilines is 1. The van der Waals surface area contributed by atoms with Crippen LogP contribution in [0.1, 0.15) is 32.3 Å². The molecule has 0 fully saturated rings. The Labute approximate surface area is 148 Å². The number of methoxy groups -OCH3 is 1. The average molecular weight is 364 g/mol. The molecule has 2 aromatic heterocycles. The highest BCUT2D eigenvalue weighted by molar-refractivity contribution is 7.89. The van der Waals surface area contributed by atoms with E-state index < -0.39 is 10.0 Å². The monoisotopic (exact) mass is 364 g/mol. The van der Waals surface area contributed by atoms with Crippen LogP contribution in [0.3, 0.4) is 0 Å². The van der Waals surface area contributed by atoms with E-state index in [1.54, 1.807) is 25.4 Å². The van der Waals surface area contributed by atoms with Gasteiger partial charge in [-0.1, -0.05) is 13.8 Å². The fraction of sp³-hybridized carbons (Fsp3) is 0.412. The minimum absolute atomic E-state index is 0.0653. The molecule has 0 radical (unpaired) electrons. The van der Waals surface area contributed by atoms with Crippen LogP contribution in [-0.2, 0) is 16.6 Å². The molecule has 0 aromatic carbocycles. The van der Waals surface area contributed by atoms with Gasteiger partial charge in [0.25, 0.3) is 0 Å². The summed E-state index contributed by atoms with van der Waals surface area (Å²) in [6.07, 6.45) is 4.53. The van der Waals surface area contributed by atoms with Crippen LogP contribution in [0.15, 0.2) is 41.6 Å². The maximum absolute atomic E-state index is 12.3. The van der Waals surface area contributed by atoms with Crippen molar-refractivity contribution in [1.29, 1.82) is 0 Å². The summed E-state index contributed by atoms with van der Waals surface area (Å²) >= 11 is 0. The van der Waals surface area contributed by atoms with Gasteiger partial charge in [-0.15, -0.1) is 0 Å². The molecule has 0 spiro atoms. The second kappa shape index (κ2) is 8.77. The summed E-state index contributed by atoms with van der Waals surface area (Å²) in [6.45, 7) is 4.44. The van der Waals surface area contributed by atoms with Crippen LogP contribution in [0, 0.1) is 0 Å². The number of rotatable bonds is 9. The van der Waals surface area contributed by atoms with Gasteiger partial charge in [-0.25, -0.2) is 23.1 Å². The molecule has 2 heterocycles. The van der Waals surface area contributed by atoms with Crippen molar-refractivity contribution in [3.05, 3.63) is 42.2 Å². The molecule has 0 aliphatic heterocycles. The molecule has 2 aromatic rings. The minimum Gasteiger partial charge on any atom is -0.481 e. The third-order valence-electron chi connectivity index (χ3n) is 3.84. The molecule has 7 nitrogen and oxygen atoms in total. The number of sulfonamides is 1.